The molecule has 0 saturated heterocycles. The molecule has 3 heteroatoms. The summed E-state index contributed by atoms with van der Waals surface area (Å²) in [5.74, 6) is 1.71. The van der Waals surface area contributed by atoms with E-state index in [9.17, 15) is 0 Å². The van der Waals surface area contributed by atoms with Gasteiger partial charge in [-0.2, -0.15) is 0 Å². The Bertz CT molecular complexity index is 368. The van der Waals surface area contributed by atoms with Gasteiger partial charge in [0, 0.05) is 23.1 Å². The van der Waals surface area contributed by atoms with Crippen LogP contribution in [0.15, 0.2) is 22.7 Å². The molecule has 0 spiro atoms. The topological polar surface area (TPSA) is 12.5 Å². The van der Waals surface area contributed by atoms with Gasteiger partial charge < -0.3 is 4.74 Å². The second-order valence-electron chi connectivity index (χ2n) is 4.80. The first-order valence-corrected chi connectivity index (χ1v) is 7.44. The Labute approximate surface area is 119 Å². The molecule has 0 aliphatic carbocycles. The molecule has 1 rings (SSSR count). The molecular formula is C15H24BrNO. The minimum absolute atomic E-state index is 0.739. The Hall–Kier alpha value is -0.540. The van der Waals surface area contributed by atoms with Gasteiger partial charge in [-0.1, -0.05) is 43.1 Å². The molecule has 0 fully saturated rings. The van der Waals surface area contributed by atoms with Crippen LogP contribution < -0.4 is 4.74 Å². The molecular weight excluding hydrogens is 290 g/mol. The summed E-state index contributed by atoms with van der Waals surface area (Å²) < 4.78 is 6.54. The van der Waals surface area contributed by atoms with Gasteiger partial charge in [0.05, 0.1) is 7.11 Å². The van der Waals surface area contributed by atoms with Gasteiger partial charge in [0.1, 0.15) is 5.75 Å². The lowest BCUT2D eigenvalue weighted by Gasteiger charge is -2.24. The van der Waals surface area contributed by atoms with Gasteiger partial charge in [0.2, 0.25) is 0 Å². The predicted octanol–water partition coefficient (Wildman–Crippen LogP) is 4.33. The fourth-order valence-corrected chi connectivity index (χ4v) is 2.40. The van der Waals surface area contributed by atoms with Crippen molar-refractivity contribution < 1.29 is 4.74 Å². The monoisotopic (exact) mass is 313 g/mol. The summed E-state index contributed by atoms with van der Waals surface area (Å²) in [7, 11) is 1.73. The lowest BCUT2D eigenvalue weighted by molar-refractivity contribution is 0.235. The molecule has 0 heterocycles. The molecule has 1 atom stereocenters. The van der Waals surface area contributed by atoms with Crippen molar-refractivity contribution in [2.24, 2.45) is 5.92 Å². The Morgan fingerprint density at radius 1 is 1.33 bits per heavy atom. The van der Waals surface area contributed by atoms with Crippen molar-refractivity contribution in [1.29, 1.82) is 0 Å². The maximum atomic E-state index is 5.43. The maximum absolute atomic E-state index is 5.43. The van der Waals surface area contributed by atoms with E-state index in [1.807, 2.05) is 12.1 Å². The molecule has 1 aromatic rings. The Morgan fingerprint density at radius 2 is 2.06 bits per heavy atom. The second kappa shape index (κ2) is 7.80. The van der Waals surface area contributed by atoms with E-state index in [0.717, 1.165) is 35.8 Å². The molecule has 102 valence electrons. The summed E-state index contributed by atoms with van der Waals surface area (Å²) in [4.78, 5) is 2.47. The predicted molar refractivity (Wildman–Crippen MR) is 81.1 cm³/mol. The molecule has 0 amide bonds. The van der Waals surface area contributed by atoms with Crippen LogP contribution in [0.3, 0.4) is 0 Å². The van der Waals surface area contributed by atoms with Crippen LogP contribution in [-0.4, -0.2) is 25.1 Å². The first-order chi connectivity index (χ1) is 8.60. The summed E-state index contributed by atoms with van der Waals surface area (Å²) in [6, 6.07) is 6.20. The highest BCUT2D eigenvalue weighted by Crippen LogP contribution is 2.24. The smallest absolute Gasteiger partial charge is 0.123 e. The molecule has 0 saturated carbocycles. The number of hydrogen-bond donors (Lipinski definition) is 0. The van der Waals surface area contributed by atoms with Crippen molar-refractivity contribution in [3.63, 3.8) is 0 Å². The number of halogens is 1. The normalized spacial score (nSPS) is 12.8. The SMILES string of the molecule is CCC(C)CN(CC)Cc1cc(Br)ccc1OC. The summed E-state index contributed by atoms with van der Waals surface area (Å²) in [5, 5.41) is 0. The van der Waals surface area contributed by atoms with Gasteiger partial charge in [-0.25, -0.2) is 0 Å². The zero-order valence-corrected chi connectivity index (χ0v) is 13.5. The molecule has 0 N–H and O–H groups in total. The van der Waals surface area contributed by atoms with Crippen molar-refractivity contribution in [3.8, 4) is 5.75 Å². The second-order valence-corrected chi connectivity index (χ2v) is 5.71. The standard InChI is InChI=1S/C15H24BrNO/c1-5-12(3)10-17(6-2)11-13-9-14(16)7-8-15(13)18-4/h7-9,12H,5-6,10-11H2,1-4H3. The van der Waals surface area contributed by atoms with E-state index in [2.05, 4.69) is 47.7 Å². The van der Waals surface area contributed by atoms with Gasteiger partial charge in [0.25, 0.3) is 0 Å². The van der Waals surface area contributed by atoms with Crippen molar-refractivity contribution in [2.45, 2.75) is 33.7 Å². The van der Waals surface area contributed by atoms with Gasteiger partial charge in [0.15, 0.2) is 0 Å². The number of hydrogen-bond acceptors (Lipinski definition) is 2. The highest BCUT2D eigenvalue weighted by molar-refractivity contribution is 9.10. The van der Waals surface area contributed by atoms with Crippen molar-refractivity contribution >= 4 is 15.9 Å². The Morgan fingerprint density at radius 3 is 2.61 bits per heavy atom. The average molecular weight is 314 g/mol. The molecule has 0 aliphatic heterocycles. The molecule has 1 unspecified atom stereocenters. The van der Waals surface area contributed by atoms with Crippen LogP contribution in [-0.2, 0) is 6.54 Å². The molecule has 2 nitrogen and oxygen atoms in total. The van der Waals surface area contributed by atoms with E-state index in [1.54, 1.807) is 7.11 Å². The summed E-state index contributed by atoms with van der Waals surface area (Å²) in [6.45, 7) is 9.93. The molecule has 0 aromatic heterocycles. The van der Waals surface area contributed by atoms with E-state index >= 15 is 0 Å². The molecule has 0 bridgehead atoms. The lowest BCUT2D eigenvalue weighted by Crippen LogP contribution is -2.28. The zero-order valence-electron chi connectivity index (χ0n) is 11.9. The van der Waals surface area contributed by atoms with Gasteiger partial charge in [-0.05, 0) is 30.7 Å². The Balaban J connectivity index is 2.77. The summed E-state index contributed by atoms with van der Waals surface area (Å²) >= 11 is 3.53. The lowest BCUT2D eigenvalue weighted by atomic mass is 10.1. The third-order valence-corrected chi connectivity index (χ3v) is 3.84. The first kappa shape index (κ1) is 15.5. The fourth-order valence-electron chi connectivity index (χ4n) is 1.99. The molecule has 0 aliphatic rings. The maximum Gasteiger partial charge on any atom is 0.123 e. The zero-order chi connectivity index (χ0) is 13.5. The minimum atomic E-state index is 0.739. The summed E-state index contributed by atoms with van der Waals surface area (Å²) in [5.41, 5.74) is 1.25. The van der Waals surface area contributed by atoms with Crippen molar-refractivity contribution in [2.75, 3.05) is 20.2 Å². The highest BCUT2D eigenvalue weighted by Gasteiger charge is 2.11. The van der Waals surface area contributed by atoms with Crippen LogP contribution in [0.25, 0.3) is 0 Å². The number of rotatable bonds is 7. The van der Waals surface area contributed by atoms with Gasteiger partial charge in [-0.3, -0.25) is 4.90 Å². The number of benzene rings is 1. The third-order valence-electron chi connectivity index (χ3n) is 3.35. The van der Waals surface area contributed by atoms with E-state index < -0.39 is 0 Å². The van der Waals surface area contributed by atoms with Crippen LogP contribution in [0.1, 0.15) is 32.8 Å². The van der Waals surface area contributed by atoms with Gasteiger partial charge >= 0.3 is 0 Å². The highest BCUT2D eigenvalue weighted by atomic mass is 79.9. The van der Waals surface area contributed by atoms with Crippen LogP contribution in [0.4, 0.5) is 0 Å². The molecule has 18 heavy (non-hydrogen) atoms. The third kappa shape index (κ3) is 4.62. The molecule has 0 radical (unpaired) electrons. The summed E-state index contributed by atoms with van der Waals surface area (Å²) in [6.07, 6.45) is 1.23. The molecule has 1 aromatic carbocycles. The van der Waals surface area contributed by atoms with E-state index in [4.69, 9.17) is 4.74 Å². The number of methoxy groups -OCH3 is 1. The van der Waals surface area contributed by atoms with Crippen molar-refractivity contribution in [1.82, 2.24) is 4.90 Å². The van der Waals surface area contributed by atoms with E-state index in [0.29, 0.717) is 0 Å². The van der Waals surface area contributed by atoms with E-state index in [1.165, 1.54) is 12.0 Å². The fraction of sp³-hybridized carbons (Fsp3) is 0.600. The van der Waals surface area contributed by atoms with Crippen LogP contribution in [0, 0.1) is 5.92 Å². The minimum Gasteiger partial charge on any atom is -0.496 e. The average Bonchev–Trinajstić information content (AvgIpc) is 2.38. The largest absolute Gasteiger partial charge is 0.496 e. The first-order valence-electron chi connectivity index (χ1n) is 6.65. The van der Waals surface area contributed by atoms with E-state index in [-0.39, 0.29) is 0 Å². The van der Waals surface area contributed by atoms with Gasteiger partial charge in [-0.15, -0.1) is 0 Å². The van der Waals surface area contributed by atoms with Crippen LogP contribution in [0.2, 0.25) is 0 Å². The van der Waals surface area contributed by atoms with Crippen LogP contribution >= 0.6 is 15.9 Å². The Kier molecular flexibility index (Phi) is 6.72. The van der Waals surface area contributed by atoms with Crippen molar-refractivity contribution in [3.05, 3.63) is 28.2 Å². The quantitative estimate of drug-likeness (QED) is 0.743. The number of nitrogens with zero attached hydrogens (tertiary/aromatic N) is 1. The number of ether oxygens (including phenoxy) is 1. The van der Waals surface area contributed by atoms with Crippen LogP contribution in [0.5, 0.6) is 5.75 Å².